The van der Waals surface area contributed by atoms with E-state index in [2.05, 4.69) is 26.0 Å². The third-order valence-electron chi connectivity index (χ3n) is 5.30. The predicted molar refractivity (Wildman–Crippen MR) is 120 cm³/mol. The number of hydrazine groups is 1. The average Bonchev–Trinajstić information content (AvgIpc) is 3.40. The van der Waals surface area contributed by atoms with Crippen molar-refractivity contribution in [2.75, 3.05) is 19.6 Å². The summed E-state index contributed by atoms with van der Waals surface area (Å²) in [5.74, 6) is 2.26. The quantitative estimate of drug-likeness (QED) is 0.378. The van der Waals surface area contributed by atoms with Crippen LogP contribution >= 0.6 is 0 Å². The molecule has 0 aliphatic rings. The van der Waals surface area contributed by atoms with E-state index in [9.17, 15) is 4.79 Å². The Balaban J connectivity index is 1.44. The molecule has 1 amide bonds. The number of H-pyrrole nitrogens is 1. The third kappa shape index (κ3) is 4.09. The molecule has 3 aromatic heterocycles. The van der Waals surface area contributed by atoms with Crippen LogP contribution in [-0.2, 0) is 6.42 Å². The van der Waals surface area contributed by atoms with Gasteiger partial charge in [-0.05, 0) is 67.8 Å². The zero-order valence-electron chi connectivity index (χ0n) is 18.6. The number of amides is 1. The molecule has 0 spiro atoms. The number of nitrogens with zero attached hydrogens (tertiary/aromatic N) is 2. The van der Waals surface area contributed by atoms with Gasteiger partial charge in [-0.25, -0.2) is 4.98 Å². The number of methoxy groups -OCH3 is 2. The molecule has 3 N–H and O–H groups in total. The number of furan rings is 1. The van der Waals surface area contributed by atoms with Gasteiger partial charge in [-0.2, -0.15) is 5.10 Å². The van der Waals surface area contributed by atoms with Crippen LogP contribution in [0.1, 0.15) is 38.7 Å². The molecule has 4 aromatic rings. The lowest BCUT2D eigenvalue weighted by atomic mass is 10.0. The minimum absolute atomic E-state index is 0.194. The predicted octanol–water partition coefficient (Wildman–Crippen LogP) is 3.84. The summed E-state index contributed by atoms with van der Waals surface area (Å²) in [4.78, 5) is 16.9. The van der Waals surface area contributed by atoms with Crippen LogP contribution in [0.25, 0.3) is 11.0 Å². The lowest BCUT2D eigenvalue weighted by molar-refractivity contribution is 0.0933. The number of pyridine rings is 1. The van der Waals surface area contributed by atoms with E-state index in [-0.39, 0.29) is 5.76 Å². The molecule has 0 saturated carbocycles. The topological polar surface area (TPSA) is 114 Å². The largest absolute Gasteiger partial charge is 0.493 e. The number of benzene rings is 1. The second-order valence-electron chi connectivity index (χ2n) is 7.53. The van der Waals surface area contributed by atoms with Gasteiger partial charge in [-0.1, -0.05) is 0 Å². The number of carbonyl (C=O) groups is 1. The highest BCUT2D eigenvalue weighted by Crippen LogP contribution is 2.31. The van der Waals surface area contributed by atoms with E-state index in [0.717, 1.165) is 27.8 Å². The van der Waals surface area contributed by atoms with Crippen LogP contribution in [0.2, 0.25) is 0 Å². The van der Waals surface area contributed by atoms with Gasteiger partial charge in [0.1, 0.15) is 11.6 Å². The van der Waals surface area contributed by atoms with E-state index in [0.29, 0.717) is 35.1 Å². The summed E-state index contributed by atoms with van der Waals surface area (Å²) in [5, 5.41) is 8.07. The standard InChI is InChI=1S/C23H25N5O4/c1-12-8-18(30-4)19(31-5)11-15(12)10-16-6-7-17(32-16)23(29)28-26-20-9-13(2)21-14(3)25-27-22(21)24-20/h6-9,11H,10H2,1-5H3,(H,28,29)(H2,24,25,26,27). The molecule has 32 heavy (non-hydrogen) atoms. The van der Waals surface area contributed by atoms with Crippen molar-refractivity contribution in [2.45, 2.75) is 27.2 Å². The maximum Gasteiger partial charge on any atom is 0.305 e. The molecule has 0 unspecified atom stereocenters. The van der Waals surface area contributed by atoms with Gasteiger partial charge in [0.2, 0.25) is 0 Å². The molecular weight excluding hydrogens is 410 g/mol. The maximum absolute atomic E-state index is 12.5. The number of hydrogen-bond donors (Lipinski definition) is 3. The number of aromatic nitrogens is 3. The Morgan fingerprint density at radius 1 is 1.06 bits per heavy atom. The van der Waals surface area contributed by atoms with Gasteiger partial charge in [0.15, 0.2) is 22.9 Å². The molecule has 0 bridgehead atoms. The molecule has 0 aliphatic carbocycles. The van der Waals surface area contributed by atoms with Gasteiger partial charge < -0.3 is 13.9 Å². The normalized spacial score (nSPS) is 10.9. The van der Waals surface area contributed by atoms with Crippen LogP contribution in [0.5, 0.6) is 11.5 Å². The minimum atomic E-state index is -0.405. The maximum atomic E-state index is 12.5. The van der Waals surface area contributed by atoms with E-state index in [1.54, 1.807) is 26.4 Å². The Bertz CT molecular complexity index is 1290. The SMILES string of the molecule is COc1cc(C)c(Cc2ccc(C(=O)NNc3cc(C)c4c(C)[nH]nc4n3)o2)cc1OC. The molecule has 0 atom stereocenters. The summed E-state index contributed by atoms with van der Waals surface area (Å²) < 4.78 is 16.5. The highest BCUT2D eigenvalue weighted by atomic mass is 16.5. The van der Waals surface area contributed by atoms with Crippen molar-refractivity contribution in [3.8, 4) is 11.5 Å². The van der Waals surface area contributed by atoms with Crippen molar-refractivity contribution >= 4 is 22.8 Å². The summed E-state index contributed by atoms with van der Waals surface area (Å²) in [6.07, 6.45) is 0.517. The highest BCUT2D eigenvalue weighted by Gasteiger charge is 2.15. The van der Waals surface area contributed by atoms with Gasteiger partial charge in [0.25, 0.3) is 0 Å². The number of ether oxygens (including phenoxy) is 2. The number of nitrogens with one attached hydrogen (secondary N) is 3. The zero-order valence-corrected chi connectivity index (χ0v) is 18.6. The van der Waals surface area contributed by atoms with Crippen LogP contribution in [0.4, 0.5) is 5.82 Å². The van der Waals surface area contributed by atoms with Crippen LogP contribution < -0.4 is 20.3 Å². The van der Waals surface area contributed by atoms with E-state index < -0.39 is 5.91 Å². The molecule has 0 fully saturated rings. The van der Waals surface area contributed by atoms with Crippen molar-refractivity contribution in [1.29, 1.82) is 0 Å². The van der Waals surface area contributed by atoms with E-state index >= 15 is 0 Å². The van der Waals surface area contributed by atoms with Gasteiger partial charge in [-0.3, -0.25) is 20.7 Å². The number of carbonyl (C=O) groups excluding carboxylic acids is 1. The lowest BCUT2D eigenvalue weighted by Crippen LogP contribution is -2.29. The molecule has 0 aliphatic heterocycles. The summed E-state index contributed by atoms with van der Waals surface area (Å²) in [6.45, 7) is 5.90. The Labute approximate surface area is 185 Å². The Morgan fingerprint density at radius 2 is 1.81 bits per heavy atom. The average molecular weight is 435 g/mol. The minimum Gasteiger partial charge on any atom is -0.493 e. The third-order valence-corrected chi connectivity index (χ3v) is 5.30. The smallest absolute Gasteiger partial charge is 0.305 e. The first kappa shape index (κ1) is 21.2. The van der Waals surface area contributed by atoms with Crippen molar-refractivity contribution in [2.24, 2.45) is 0 Å². The fraction of sp³-hybridized carbons (Fsp3) is 0.261. The van der Waals surface area contributed by atoms with Gasteiger partial charge >= 0.3 is 5.91 Å². The zero-order chi connectivity index (χ0) is 22.8. The monoisotopic (exact) mass is 435 g/mol. The van der Waals surface area contributed by atoms with Crippen LogP contribution in [-0.4, -0.2) is 35.3 Å². The first-order valence-electron chi connectivity index (χ1n) is 10.1. The second kappa shape index (κ2) is 8.62. The highest BCUT2D eigenvalue weighted by molar-refractivity contribution is 5.92. The summed E-state index contributed by atoms with van der Waals surface area (Å²) in [6, 6.07) is 9.10. The molecule has 166 valence electrons. The number of aryl methyl sites for hydroxylation is 3. The van der Waals surface area contributed by atoms with Crippen molar-refractivity contribution in [3.63, 3.8) is 0 Å². The Morgan fingerprint density at radius 3 is 2.56 bits per heavy atom. The first-order chi connectivity index (χ1) is 15.4. The molecule has 9 nitrogen and oxygen atoms in total. The summed E-state index contributed by atoms with van der Waals surface area (Å²) in [7, 11) is 3.20. The van der Waals surface area contributed by atoms with Crippen molar-refractivity contribution in [1.82, 2.24) is 20.6 Å². The number of fused-ring (bicyclic) bond motifs is 1. The number of hydrogen-bond acceptors (Lipinski definition) is 7. The van der Waals surface area contributed by atoms with Crippen LogP contribution in [0, 0.1) is 20.8 Å². The Kier molecular flexibility index (Phi) is 5.72. The first-order valence-corrected chi connectivity index (χ1v) is 10.1. The molecule has 0 saturated heterocycles. The second-order valence-corrected chi connectivity index (χ2v) is 7.53. The van der Waals surface area contributed by atoms with E-state index in [1.807, 2.05) is 39.0 Å². The molecule has 1 aromatic carbocycles. The van der Waals surface area contributed by atoms with E-state index in [1.165, 1.54) is 0 Å². The molecule has 9 heteroatoms. The van der Waals surface area contributed by atoms with Crippen LogP contribution in [0.15, 0.2) is 34.7 Å². The Hall–Kier alpha value is -4.01. The van der Waals surface area contributed by atoms with Crippen LogP contribution in [0.3, 0.4) is 0 Å². The molecular formula is C23H25N5O4. The lowest BCUT2D eigenvalue weighted by Gasteiger charge is -2.12. The van der Waals surface area contributed by atoms with Gasteiger partial charge in [0, 0.05) is 17.5 Å². The number of anilines is 1. The van der Waals surface area contributed by atoms with Crippen molar-refractivity contribution < 1.29 is 18.7 Å². The number of aromatic amines is 1. The van der Waals surface area contributed by atoms with Gasteiger partial charge in [-0.15, -0.1) is 0 Å². The van der Waals surface area contributed by atoms with Crippen molar-refractivity contribution in [3.05, 3.63) is 64.2 Å². The molecule has 0 radical (unpaired) electrons. The summed E-state index contributed by atoms with van der Waals surface area (Å²) >= 11 is 0. The molecule has 3 heterocycles. The summed E-state index contributed by atoms with van der Waals surface area (Å²) in [5.41, 5.74) is 10.0. The fourth-order valence-electron chi connectivity index (χ4n) is 3.64. The van der Waals surface area contributed by atoms with Gasteiger partial charge in [0.05, 0.1) is 14.2 Å². The van der Waals surface area contributed by atoms with E-state index in [4.69, 9.17) is 13.9 Å². The number of rotatable bonds is 7. The fourth-order valence-corrected chi connectivity index (χ4v) is 3.64. The molecule has 4 rings (SSSR count).